The summed E-state index contributed by atoms with van der Waals surface area (Å²) in [5.41, 5.74) is 2.72. The fraction of sp³-hybridized carbons (Fsp3) is 0.565. The fourth-order valence-electron chi connectivity index (χ4n) is 4.29. The number of para-hydroxylation sites is 1. The van der Waals surface area contributed by atoms with E-state index in [1.165, 1.54) is 30.4 Å². The van der Waals surface area contributed by atoms with Crippen LogP contribution < -0.4 is 10.1 Å². The Hall–Kier alpha value is -1.74. The lowest BCUT2D eigenvalue weighted by Gasteiger charge is -2.16. The highest BCUT2D eigenvalue weighted by Crippen LogP contribution is 2.31. The molecule has 0 radical (unpaired) electrons. The van der Waals surface area contributed by atoms with Gasteiger partial charge in [0.15, 0.2) is 0 Å². The third-order valence-electron chi connectivity index (χ3n) is 5.86. The summed E-state index contributed by atoms with van der Waals surface area (Å²) in [6.45, 7) is 6.40. The molecule has 1 aromatic carbocycles. The molecule has 3 nitrogen and oxygen atoms in total. The Labute approximate surface area is 158 Å². The van der Waals surface area contributed by atoms with Gasteiger partial charge in [-0.3, -0.25) is 0 Å². The van der Waals surface area contributed by atoms with Gasteiger partial charge >= 0.3 is 0 Å². The van der Waals surface area contributed by atoms with E-state index in [1.807, 2.05) is 6.07 Å². The average molecular weight is 356 g/mol. The van der Waals surface area contributed by atoms with Gasteiger partial charge < -0.3 is 14.8 Å². The van der Waals surface area contributed by atoms with Crippen LogP contribution in [-0.4, -0.2) is 26.3 Å². The van der Waals surface area contributed by atoms with Crippen LogP contribution in [0.4, 0.5) is 0 Å². The molecule has 0 amide bonds. The molecule has 0 aliphatic carbocycles. The molecule has 3 heteroatoms. The summed E-state index contributed by atoms with van der Waals surface area (Å²) in [7, 11) is 1.76. The minimum atomic E-state index is 0.605. The van der Waals surface area contributed by atoms with E-state index in [-0.39, 0.29) is 0 Å². The number of allylic oxidation sites excluding steroid dienone is 3. The van der Waals surface area contributed by atoms with E-state index in [0.717, 1.165) is 43.4 Å². The van der Waals surface area contributed by atoms with E-state index in [9.17, 15) is 0 Å². The van der Waals surface area contributed by atoms with Gasteiger partial charge in [-0.1, -0.05) is 31.2 Å². The first kappa shape index (κ1) is 19.0. The topological polar surface area (TPSA) is 30.5 Å². The van der Waals surface area contributed by atoms with Gasteiger partial charge in [0.05, 0.1) is 13.7 Å². The van der Waals surface area contributed by atoms with Crippen molar-refractivity contribution in [2.75, 3.05) is 20.3 Å². The molecule has 2 fully saturated rings. The van der Waals surface area contributed by atoms with Crippen molar-refractivity contribution >= 4 is 0 Å². The van der Waals surface area contributed by atoms with Gasteiger partial charge in [-0.05, 0) is 74.3 Å². The molecule has 2 unspecified atom stereocenters. The van der Waals surface area contributed by atoms with Crippen LogP contribution in [0.2, 0.25) is 0 Å². The molecule has 0 aromatic heterocycles. The molecule has 0 spiro atoms. The van der Waals surface area contributed by atoms with Gasteiger partial charge in [-0.2, -0.15) is 0 Å². The molecule has 2 aliphatic rings. The highest BCUT2D eigenvalue weighted by molar-refractivity contribution is 5.33. The molecule has 26 heavy (non-hydrogen) atoms. The Kier molecular flexibility index (Phi) is 6.79. The number of nitrogens with one attached hydrogen (secondary N) is 1. The molecule has 142 valence electrons. The van der Waals surface area contributed by atoms with E-state index in [2.05, 4.69) is 49.5 Å². The van der Waals surface area contributed by atoms with E-state index in [4.69, 9.17) is 9.47 Å². The van der Waals surface area contributed by atoms with Crippen LogP contribution in [0.3, 0.4) is 0 Å². The summed E-state index contributed by atoms with van der Waals surface area (Å²) < 4.78 is 11.1. The number of rotatable bonds is 7. The highest BCUT2D eigenvalue weighted by Gasteiger charge is 2.28. The first-order chi connectivity index (χ1) is 12.7. The van der Waals surface area contributed by atoms with Crippen LogP contribution in [0.1, 0.15) is 45.1 Å². The minimum Gasteiger partial charge on any atom is -0.496 e. The molecule has 0 saturated carbocycles. The second-order valence-electron chi connectivity index (χ2n) is 7.61. The summed E-state index contributed by atoms with van der Waals surface area (Å²) in [6.07, 6.45) is 10.4. The lowest BCUT2D eigenvalue weighted by atomic mass is 9.88. The maximum atomic E-state index is 5.68. The van der Waals surface area contributed by atoms with Crippen LogP contribution in [0, 0.1) is 11.8 Å². The van der Waals surface area contributed by atoms with Gasteiger partial charge in [0.25, 0.3) is 0 Å². The van der Waals surface area contributed by atoms with Crippen molar-refractivity contribution < 1.29 is 9.47 Å². The summed E-state index contributed by atoms with van der Waals surface area (Å²) in [6, 6.07) is 9.02. The second-order valence-corrected chi connectivity index (χ2v) is 7.61. The first-order valence-corrected chi connectivity index (χ1v) is 10.1. The van der Waals surface area contributed by atoms with Crippen molar-refractivity contribution in [2.45, 2.75) is 52.0 Å². The molecular formula is C23H33NO2. The van der Waals surface area contributed by atoms with E-state index >= 15 is 0 Å². The standard InChI is InChI=1S/C23H33NO2/c1-4-22-19(12-13-26-22)14-17(2)20-15-21(24-16-20)10-7-9-18-8-5-6-11-23(18)25-3/h4-6,8,11,14,17,20-21,24H,7,9-10,12-13,15-16H2,1-3H3/b19-14-,22-4+/t17?,20?,21-/m0/s1. The van der Waals surface area contributed by atoms with E-state index < -0.39 is 0 Å². The Balaban J connectivity index is 1.46. The Morgan fingerprint density at radius 2 is 2.19 bits per heavy atom. The third kappa shape index (κ3) is 4.70. The highest BCUT2D eigenvalue weighted by atomic mass is 16.5. The Morgan fingerprint density at radius 1 is 1.35 bits per heavy atom. The summed E-state index contributed by atoms with van der Waals surface area (Å²) in [4.78, 5) is 0. The van der Waals surface area contributed by atoms with Crippen molar-refractivity contribution in [3.63, 3.8) is 0 Å². The van der Waals surface area contributed by atoms with Crippen molar-refractivity contribution in [1.29, 1.82) is 0 Å². The molecule has 2 aliphatic heterocycles. The summed E-state index contributed by atoms with van der Waals surface area (Å²) in [5, 5.41) is 3.75. The molecule has 2 heterocycles. The van der Waals surface area contributed by atoms with Gasteiger partial charge in [0.1, 0.15) is 11.5 Å². The van der Waals surface area contributed by atoms with E-state index in [1.54, 1.807) is 7.11 Å². The second kappa shape index (κ2) is 9.27. The van der Waals surface area contributed by atoms with Crippen molar-refractivity contribution in [3.05, 3.63) is 53.3 Å². The van der Waals surface area contributed by atoms with Gasteiger partial charge in [-0.25, -0.2) is 0 Å². The maximum absolute atomic E-state index is 5.68. The summed E-state index contributed by atoms with van der Waals surface area (Å²) >= 11 is 0. The first-order valence-electron chi connectivity index (χ1n) is 10.1. The summed E-state index contributed by atoms with van der Waals surface area (Å²) in [5.74, 6) is 3.45. The van der Waals surface area contributed by atoms with Crippen LogP contribution in [-0.2, 0) is 11.2 Å². The number of methoxy groups -OCH3 is 1. The van der Waals surface area contributed by atoms with Crippen molar-refractivity contribution in [3.8, 4) is 5.75 Å². The zero-order chi connectivity index (χ0) is 18.4. The van der Waals surface area contributed by atoms with Crippen LogP contribution in [0.25, 0.3) is 0 Å². The Morgan fingerprint density at radius 3 is 3.00 bits per heavy atom. The quantitative estimate of drug-likeness (QED) is 0.756. The molecule has 1 aromatic rings. The maximum Gasteiger partial charge on any atom is 0.122 e. The molecule has 3 rings (SSSR count). The smallest absolute Gasteiger partial charge is 0.122 e. The third-order valence-corrected chi connectivity index (χ3v) is 5.86. The van der Waals surface area contributed by atoms with Gasteiger partial charge in [0, 0.05) is 12.5 Å². The number of benzene rings is 1. The molecule has 0 bridgehead atoms. The van der Waals surface area contributed by atoms with Crippen LogP contribution >= 0.6 is 0 Å². The SMILES string of the molecule is C/C=C1/OCC/C1=C/C(C)C1CN[C@@H](CCCc2ccccc2OC)C1. The lowest BCUT2D eigenvalue weighted by Crippen LogP contribution is -2.21. The van der Waals surface area contributed by atoms with E-state index in [0.29, 0.717) is 12.0 Å². The van der Waals surface area contributed by atoms with Gasteiger partial charge in [-0.15, -0.1) is 0 Å². The van der Waals surface area contributed by atoms with Crippen LogP contribution in [0.5, 0.6) is 5.75 Å². The lowest BCUT2D eigenvalue weighted by molar-refractivity contribution is 0.265. The molecule has 2 saturated heterocycles. The zero-order valence-corrected chi connectivity index (χ0v) is 16.5. The number of hydrogen-bond acceptors (Lipinski definition) is 3. The number of hydrogen-bond donors (Lipinski definition) is 1. The van der Waals surface area contributed by atoms with Gasteiger partial charge in [0.2, 0.25) is 0 Å². The molecular weight excluding hydrogens is 322 g/mol. The molecule has 3 atom stereocenters. The molecule has 1 N–H and O–H groups in total. The number of ether oxygens (including phenoxy) is 2. The average Bonchev–Trinajstić information content (AvgIpc) is 3.31. The normalized spacial score (nSPS) is 27.0. The predicted octanol–water partition coefficient (Wildman–Crippen LogP) is 4.88. The zero-order valence-electron chi connectivity index (χ0n) is 16.5. The van der Waals surface area contributed by atoms with Crippen molar-refractivity contribution in [2.24, 2.45) is 11.8 Å². The largest absolute Gasteiger partial charge is 0.496 e. The minimum absolute atomic E-state index is 0.605. The fourth-order valence-corrected chi connectivity index (χ4v) is 4.29. The van der Waals surface area contributed by atoms with Crippen LogP contribution in [0.15, 0.2) is 47.7 Å². The Bertz CT molecular complexity index is 649. The monoisotopic (exact) mass is 355 g/mol. The predicted molar refractivity (Wildman–Crippen MR) is 107 cm³/mol. The number of aryl methyl sites for hydroxylation is 1. The van der Waals surface area contributed by atoms with Crippen molar-refractivity contribution in [1.82, 2.24) is 5.32 Å².